The Hall–Kier alpha value is -0.870. The molecule has 1 aliphatic heterocycles. The molecule has 1 atom stereocenters. The number of hydrogen-bond acceptors (Lipinski definition) is 2. The van der Waals surface area contributed by atoms with Gasteiger partial charge in [-0.2, -0.15) is 0 Å². The summed E-state index contributed by atoms with van der Waals surface area (Å²) >= 11 is 0. The molecule has 1 aromatic carbocycles. The van der Waals surface area contributed by atoms with Gasteiger partial charge in [0.25, 0.3) is 0 Å². The maximum atomic E-state index is 11.2. The van der Waals surface area contributed by atoms with Crippen molar-refractivity contribution in [1.29, 1.82) is 0 Å². The van der Waals surface area contributed by atoms with E-state index >= 15 is 0 Å². The fourth-order valence-electron chi connectivity index (χ4n) is 1.80. The van der Waals surface area contributed by atoms with E-state index < -0.39 is 10.0 Å². The van der Waals surface area contributed by atoms with E-state index in [-0.39, 0.29) is 11.8 Å². The van der Waals surface area contributed by atoms with E-state index in [2.05, 4.69) is 4.72 Å². The minimum Gasteiger partial charge on any atom is -0.212 e. The highest BCUT2D eigenvalue weighted by molar-refractivity contribution is 7.89. The van der Waals surface area contributed by atoms with Crippen LogP contribution >= 0.6 is 0 Å². The number of rotatable bonds is 1. The Bertz CT molecular complexity index is 439. The fraction of sp³-hybridized carbons (Fsp3) is 0.400. The SMILES string of the molecule is Cc1ccccc1C1CCS(=O)(=O)N1. The lowest BCUT2D eigenvalue weighted by atomic mass is 10.0. The summed E-state index contributed by atoms with van der Waals surface area (Å²) in [6.07, 6.45) is 0.674. The molecule has 0 bridgehead atoms. The quantitative estimate of drug-likeness (QED) is 0.762. The van der Waals surface area contributed by atoms with Crippen LogP contribution in [0.4, 0.5) is 0 Å². The van der Waals surface area contributed by atoms with E-state index in [4.69, 9.17) is 0 Å². The summed E-state index contributed by atoms with van der Waals surface area (Å²) < 4.78 is 25.1. The zero-order valence-electron chi connectivity index (χ0n) is 8.03. The average Bonchev–Trinajstić information content (AvgIpc) is 2.47. The minimum absolute atomic E-state index is 0.0267. The van der Waals surface area contributed by atoms with Crippen LogP contribution in [0.5, 0.6) is 0 Å². The van der Waals surface area contributed by atoms with Gasteiger partial charge in [0.1, 0.15) is 0 Å². The minimum atomic E-state index is -3.01. The molecular weight excluding hydrogens is 198 g/mol. The first-order chi connectivity index (χ1) is 6.58. The number of nitrogens with one attached hydrogen (secondary N) is 1. The maximum absolute atomic E-state index is 11.2. The van der Waals surface area contributed by atoms with Crippen LogP contribution in [0, 0.1) is 6.92 Å². The molecule has 1 unspecified atom stereocenters. The smallest absolute Gasteiger partial charge is 0.212 e. The zero-order chi connectivity index (χ0) is 10.2. The normalized spacial score (nSPS) is 25.1. The topological polar surface area (TPSA) is 46.2 Å². The van der Waals surface area contributed by atoms with E-state index in [1.807, 2.05) is 31.2 Å². The second kappa shape index (κ2) is 3.37. The third-order valence-corrected chi connectivity index (χ3v) is 3.98. The van der Waals surface area contributed by atoms with Crippen molar-refractivity contribution >= 4 is 10.0 Å². The Morgan fingerprint density at radius 2 is 2.07 bits per heavy atom. The largest absolute Gasteiger partial charge is 0.212 e. The van der Waals surface area contributed by atoms with Crippen molar-refractivity contribution in [3.63, 3.8) is 0 Å². The predicted molar refractivity (Wildman–Crippen MR) is 55.5 cm³/mol. The molecule has 1 fully saturated rings. The Morgan fingerprint density at radius 1 is 1.36 bits per heavy atom. The van der Waals surface area contributed by atoms with Gasteiger partial charge in [-0.3, -0.25) is 0 Å². The molecule has 0 aliphatic carbocycles. The Labute approximate surface area is 84.2 Å². The van der Waals surface area contributed by atoms with Gasteiger partial charge < -0.3 is 0 Å². The summed E-state index contributed by atoms with van der Waals surface area (Å²) in [5, 5.41) is 0. The molecule has 76 valence electrons. The highest BCUT2D eigenvalue weighted by Gasteiger charge is 2.28. The molecule has 0 saturated carbocycles. The monoisotopic (exact) mass is 211 g/mol. The predicted octanol–water partition coefficient (Wildman–Crippen LogP) is 1.36. The molecule has 0 aromatic heterocycles. The van der Waals surface area contributed by atoms with Crippen LogP contribution in [0.25, 0.3) is 0 Å². The van der Waals surface area contributed by atoms with Crippen molar-refractivity contribution < 1.29 is 8.42 Å². The van der Waals surface area contributed by atoms with Crippen molar-refractivity contribution in [2.24, 2.45) is 0 Å². The lowest BCUT2D eigenvalue weighted by Gasteiger charge is -2.11. The molecule has 1 aromatic rings. The van der Waals surface area contributed by atoms with Crippen molar-refractivity contribution in [2.45, 2.75) is 19.4 Å². The molecule has 3 nitrogen and oxygen atoms in total. The van der Waals surface area contributed by atoms with E-state index in [0.29, 0.717) is 6.42 Å². The van der Waals surface area contributed by atoms with Crippen LogP contribution in [0.3, 0.4) is 0 Å². The van der Waals surface area contributed by atoms with Crippen LogP contribution in [0.2, 0.25) is 0 Å². The van der Waals surface area contributed by atoms with Crippen LogP contribution in [-0.2, 0) is 10.0 Å². The van der Waals surface area contributed by atoms with Gasteiger partial charge in [-0.25, -0.2) is 13.1 Å². The summed E-state index contributed by atoms with van der Waals surface area (Å²) in [5.41, 5.74) is 2.23. The van der Waals surface area contributed by atoms with Gasteiger partial charge in [0.15, 0.2) is 0 Å². The maximum Gasteiger partial charge on any atom is 0.212 e. The van der Waals surface area contributed by atoms with Gasteiger partial charge in [-0.05, 0) is 24.5 Å². The van der Waals surface area contributed by atoms with Gasteiger partial charge in [0, 0.05) is 6.04 Å². The molecule has 1 saturated heterocycles. The lowest BCUT2D eigenvalue weighted by Crippen LogP contribution is -2.20. The third-order valence-electron chi connectivity index (χ3n) is 2.56. The molecular formula is C10H13NO2S. The van der Waals surface area contributed by atoms with E-state index in [1.54, 1.807) is 0 Å². The molecule has 14 heavy (non-hydrogen) atoms. The van der Waals surface area contributed by atoms with E-state index in [9.17, 15) is 8.42 Å². The molecule has 2 rings (SSSR count). The highest BCUT2D eigenvalue weighted by Crippen LogP contribution is 2.26. The average molecular weight is 211 g/mol. The summed E-state index contributed by atoms with van der Waals surface area (Å²) in [7, 11) is -3.01. The van der Waals surface area contributed by atoms with Crippen LogP contribution in [0.15, 0.2) is 24.3 Å². The van der Waals surface area contributed by atoms with Crippen molar-refractivity contribution in [2.75, 3.05) is 5.75 Å². The Kier molecular flexibility index (Phi) is 2.33. The molecule has 0 amide bonds. The van der Waals surface area contributed by atoms with Crippen molar-refractivity contribution in [3.05, 3.63) is 35.4 Å². The number of sulfonamides is 1. The number of hydrogen-bond donors (Lipinski definition) is 1. The number of benzene rings is 1. The fourth-order valence-corrected chi connectivity index (χ4v) is 3.15. The lowest BCUT2D eigenvalue weighted by molar-refractivity contribution is 0.585. The number of aryl methyl sites for hydroxylation is 1. The summed E-state index contributed by atoms with van der Waals surface area (Å²) in [5.74, 6) is 0.242. The summed E-state index contributed by atoms with van der Waals surface area (Å²) in [4.78, 5) is 0. The first-order valence-electron chi connectivity index (χ1n) is 4.64. The summed E-state index contributed by atoms with van der Waals surface area (Å²) in [6.45, 7) is 2.00. The molecule has 0 radical (unpaired) electrons. The summed E-state index contributed by atoms with van der Waals surface area (Å²) in [6, 6.07) is 7.86. The van der Waals surface area contributed by atoms with Crippen LogP contribution in [-0.4, -0.2) is 14.2 Å². The van der Waals surface area contributed by atoms with Gasteiger partial charge in [-0.15, -0.1) is 0 Å². The van der Waals surface area contributed by atoms with Crippen molar-refractivity contribution in [3.8, 4) is 0 Å². The molecule has 1 N–H and O–H groups in total. The van der Waals surface area contributed by atoms with Gasteiger partial charge in [-0.1, -0.05) is 24.3 Å². The van der Waals surface area contributed by atoms with Gasteiger partial charge in [0.05, 0.1) is 5.75 Å². The standard InChI is InChI=1S/C10H13NO2S/c1-8-4-2-3-5-9(8)10-6-7-14(12,13)11-10/h2-5,10-11H,6-7H2,1H3. The molecule has 1 heterocycles. The van der Waals surface area contributed by atoms with E-state index in [0.717, 1.165) is 11.1 Å². The van der Waals surface area contributed by atoms with Crippen LogP contribution < -0.4 is 4.72 Å². The first kappa shape index (κ1) is 9.68. The Morgan fingerprint density at radius 3 is 2.64 bits per heavy atom. The van der Waals surface area contributed by atoms with Crippen LogP contribution in [0.1, 0.15) is 23.6 Å². The second-order valence-corrected chi connectivity index (χ2v) is 5.51. The molecule has 4 heteroatoms. The highest BCUT2D eigenvalue weighted by atomic mass is 32.2. The Balaban J connectivity index is 2.30. The second-order valence-electron chi connectivity index (χ2n) is 3.63. The van der Waals surface area contributed by atoms with Gasteiger partial charge in [0.2, 0.25) is 10.0 Å². The molecule has 1 aliphatic rings. The zero-order valence-corrected chi connectivity index (χ0v) is 8.84. The third kappa shape index (κ3) is 1.81. The van der Waals surface area contributed by atoms with Crippen molar-refractivity contribution in [1.82, 2.24) is 4.72 Å². The molecule has 0 spiro atoms. The van der Waals surface area contributed by atoms with Gasteiger partial charge >= 0.3 is 0 Å². The first-order valence-corrected chi connectivity index (χ1v) is 6.29. The van der Waals surface area contributed by atoms with E-state index in [1.165, 1.54) is 0 Å².